The van der Waals surface area contributed by atoms with E-state index in [9.17, 15) is 4.39 Å². The fraction of sp³-hybridized carbons (Fsp3) is 0.0833. The van der Waals surface area contributed by atoms with E-state index in [-0.39, 0.29) is 12.4 Å². The molecular weight excluding hydrogens is 219 g/mol. The normalized spacial score (nSPS) is 9.65. The molecule has 0 unspecified atom stereocenters. The van der Waals surface area contributed by atoms with Crippen LogP contribution in [0.25, 0.3) is 11.3 Å². The van der Waals surface area contributed by atoms with Crippen LogP contribution in [-0.4, -0.2) is 16.7 Å². The number of nitrogens with one attached hydrogen (secondary N) is 1. The van der Waals surface area contributed by atoms with E-state index in [2.05, 4.69) is 15.5 Å². The number of halogens is 1. The average Bonchev–Trinajstić information content (AvgIpc) is 2.37. The Labute approximate surface area is 97.7 Å². The van der Waals surface area contributed by atoms with Gasteiger partial charge in [-0.15, -0.1) is 10.2 Å². The summed E-state index contributed by atoms with van der Waals surface area (Å²) in [6, 6.07) is 11.5. The first-order valence-corrected chi connectivity index (χ1v) is 5.00. The molecule has 0 amide bonds. The van der Waals surface area contributed by atoms with E-state index in [1.165, 1.54) is 12.1 Å². The van der Waals surface area contributed by atoms with Gasteiger partial charge in [-0.1, -0.05) is 12.1 Å². The van der Waals surface area contributed by atoms with Crippen molar-refractivity contribution in [2.75, 3.05) is 11.9 Å². The Hall–Kier alpha value is -2.48. The molecule has 0 saturated carbocycles. The molecule has 0 saturated heterocycles. The molecule has 0 bridgehead atoms. The number of nitriles is 1. The van der Waals surface area contributed by atoms with Gasteiger partial charge in [0.25, 0.3) is 0 Å². The van der Waals surface area contributed by atoms with Gasteiger partial charge in [0.15, 0.2) is 0 Å². The fourth-order valence-electron chi connectivity index (χ4n) is 1.36. The maximum absolute atomic E-state index is 13.0. The van der Waals surface area contributed by atoms with Crippen molar-refractivity contribution in [3.63, 3.8) is 0 Å². The molecule has 2 rings (SSSR count). The molecule has 0 spiro atoms. The van der Waals surface area contributed by atoms with Gasteiger partial charge in [0.05, 0.1) is 11.8 Å². The highest BCUT2D eigenvalue weighted by molar-refractivity contribution is 5.59. The summed E-state index contributed by atoms with van der Waals surface area (Å²) in [6.45, 7) is 0.175. The van der Waals surface area contributed by atoms with Crippen LogP contribution in [-0.2, 0) is 0 Å². The first kappa shape index (κ1) is 11.0. The smallest absolute Gasteiger partial charge is 0.149 e. The number of hydrogen-bond donors (Lipinski definition) is 1. The van der Waals surface area contributed by atoms with Crippen LogP contribution < -0.4 is 5.32 Å². The van der Waals surface area contributed by atoms with Gasteiger partial charge in [-0.3, -0.25) is 0 Å². The molecule has 1 N–H and O–H groups in total. The molecule has 1 aromatic heterocycles. The van der Waals surface area contributed by atoms with Crippen LogP contribution in [0.2, 0.25) is 0 Å². The van der Waals surface area contributed by atoms with Crippen molar-refractivity contribution in [2.45, 2.75) is 0 Å². The second-order valence-electron chi connectivity index (χ2n) is 3.33. The topological polar surface area (TPSA) is 61.6 Å². The van der Waals surface area contributed by atoms with E-state index < -0.39 is 0 Å². The first-order chi connectivity index (χ1) is 8.29. The molecule has 0 radical (unpaired) electrons. The zero-order valence-electron chi connectivity index (χ0n) is 8.89. The van der Waals surface area contributed by atoms with E-state index in [1.54, 1.807) is 24.3 Å². The van der Waals surface area contributed by atoms with Crippen LogP contribution in [0, 0.1) is 17.1 Å². The Balaban J connectivity index is 2.21. The second-order valence-corrected chi connectivity index (χ2v) is 3.33. The zero-order valence-corrected chi connectivity index (χ0v) is 8.89. The Morgan fingerprint density at radius 2 is 2.12 bits per heavy atom. The predicted molar refractivity (Wildman–Crippen MR) is 61.5 cm³/mol. The second kappa shape index (κ2) is 5.03. The van der Waals surface area contributed by atoms with Crippen molar-refractivity contribution in [3.05, 3.63) is 42.2 Å². The van der Waals surface area contributed by atoms with Crippen molar-refractivity contribution >= 4 is 5.82 Å². The highest BCUT2D eigenvalue weighted by atomic mass is 19.1. The molecule has 0 atom stereocenters. The fourth-order valence-corrected chi connectivity index (χ4v) is 1.36. The summed E-state index contributed by atoms with van der Waals surface area (Å²) in [5.74, 6) is 0.211. The van der Waals surface area contributed by atoms with Crippen molar-refractivity contribution in [3.8, 4) is 17.3 Å². The lowest BCUT2D eigenvalue weighted by atomic mass is 10.1. The summed E-state index contributed by atoms with van der Waals surface area (Å²) in [7, 11) is 0. The molecule has 1 heterocycles. The van der Waals surface area contributed by atoms with Crippen LogP contribution in [0.1, 0.15) is 0 Å². The Morgan fingerprint density at radius 3 is 2.76 bits per heavy atom. The molecule has 0 aliphatic carbocycles. The van der Waals surface area contributed by atoms with Crippen molar-refractivity contribution in [1.29, 1.82) is 5.26 Å². The molecule has 17 heavy (non-hydrogen) atoms. The van der Waals surface area contributed by atoms with E-state index >= 15 is 0 Å². The molecule has 0 aliphatic heterocycles. The highest BCUT2D eigenvalue weighted by Gasteiger charge is 2.01. The van der Waals surface area contributed by atoms with Gasteiger partial charge in [0, 0.05) is 5.56 Å². The molecule has 0 fully saturated rings. The summed E-state index contributed by atoms with van der Waals surface area (Å²) >= 11 is 0. The Bertz CT molecular complexity index is 545. The van der Waals surface area contributed by atoms with Crippen molar-refractivity contribution < 1.29 is 4.39 Å². The lowest BCUT2D eigenvalue weighted by Gasteiger charge is -2.02. The molecule has 5 heteroatoms. The van der Waals surface area contributed by atoms with Crippen LogP contribution in [0.5, 0.6) is 0 Å². The third-order valence-corrected chi connectivity index (χ3v) is 2.13. The van der Waals surface area contributed by atoms with Crippen LogP contribution >= 0.6 is 0 Å². The van der Waals surface area contributed by atoms with E-state index in [0.29, 0.717) is 17.1 Å². The van der Waals surface area contributed by atoms with Gasteiger partial charge in [-0.2, -0.15) is 5.26 Å². The number of rotatable bonds is 3. The summed E-state index contributed by atoms with van der Waals surface area (Å²) in [5, 5.41) is 19.0. The third-order valence-electron chi connectivity index (χ3n) is 2.13. The minimum Gasteiger partial charge on any atom is -0.356 e. The summed E-state index contributed by atoms with van der Waals surface area (Å²) < 4.78 is 13.0. The van der Waals surface area contributed by atoms with Crippen LogP contribution in [0.3, 0.4) is 0 Å². The number of anilines is 1. The van der Waals surface area contributed by atoms with Gasteiger partial charge in [-0.05, 0) is 24.3 Å². The third kappa shape index (κ3) is 2.75. The first-order valence-electron chi connectivity index (χ1n) is 5.00. The summed E-state index contributed by atoms with van der Waals surface area (Å²) in [5.41, 5.74) is 1.26. The maximum Gasteiger partial charge on any atom is 0.149 e. The van der Waals surface area contributed by atoms with Crippen molar-refractivity contribution in [1.82, 2.24) is 10.2 Å². The van der Waals surface area contributed by atoms with E-state index in [1.807, 2.05) is 6.07 Å². The average molecular weight is 228 g/mol. The lowest BCUT2D eigenvalue weighted by Crippen LogP contribution is -2.01. The molecule has 2 aromatic rings. The van der Waals surface area contributed by atoms with Gasteiger partial charge >= 0.3 is 0 Å². The van der Waals surface area contributed by atoms with E-state index in [4.69, 9.17) is 5.26 Å². The molecular formula is C12H9FN4. The summed E-state index contributed by atoms with van der Waals surface area (Å²) in [6.07, 6.45) is 0. The van der Waals surface area contributed by atoms with Gasteiger partial charge in [-0.25, -0.2) is 4.39 Å². The molecule has 1 aromatic carbocycles. The highest BCUT2D eigenvalue weighted by Crippen LogP contribution is 2.17. The lowest BCUT2D eigenvalue weighted by molar-refractivity contribution is 0.628. The number of aromatic nitrogens is 2. The Morgan fingerprint density at radius 1 is 1.24 bits per heavy atom. The Kier molecular flexibility index (Phi) is 3.26. The summed E-state index contributed by atoms with van der Waals surface area (Å²) in [4.78, 5) is 0. The van der Waals surface area contributed by atoms with Gasteiger partial charge < -0.3 is 5.32 Å². The molecule has 0 aliphatic rings. The zero-order chi connectivity index (χ0) is 12.1. The molecule has 84 valence electrons. The molecule has 4 nitrogen and oxygen atoms in total. The minimum atomic E-state index is -0.309. The SMILES string of the molecule is N#CCNc1ccc(-c2cccc(F)c2)nn1. The van der Waals surface area contributed by atoms with Crippen LogP contribution in [0.15, 0.2) is 36.4 Å². The predicted octanol–water partition coefficient (Wildman–Crippen LogP) is 2.22. The standard InChI is InChI=1S/C12H9FN4/c13-10-3-1-2-9(8-10)11-4-5-12(17-16-11)15-7-6-14/h1-5,8H,7H2,(H,15,17). The largest absolute Gasteiger partial charge is 0.356 e. The monoisotopic (exact) mass is 228 g/mol. The van der Waals surface area contributed by atoms with Crippen LogP contribution in [0.4, 0.5) is 10.2 Å². The quantitative estimate of drug-likeness (QED) is 0.818. The minimum absolute atomic E-state index is 0.175. The maximum atomic E-state index is 13.0. The van der Waals surface area contributed by atoms with Gasteiger partial charge in [0.2, 0.25) is 0 Å². The number of benzene rings is 1. The van der Waals surface area contributed by atoms with Crippen molar-refractivity contribution in [2.24, 2.45) is 0 Å². The van der Waals surface area contributed by atoms with Gasteiger partial charge in [0.1, 0.15) is 18.2 Å². The number of hydrogen-bond acceptors (Lipinski definition) is 4. The van der Waals surface area contributed by atoms with E-state index in [0.717, 1.165) is 0 Å². The number of nitrogens with zero attached hydrogens (tertiary/aromatic N) is 3.